The molecule has 3 N–H and O–H groups in total. The molecule has 0 unspecified atom stereocenters. The number of H-pyrrole nitrogens is 1. The van der Waals surface area contributed by atoms with Crippen LogP contribution in [0.4, 0.5) is 11.4 Å². The highest BCUT2D eigenvalue weighted by molar-refractivity contribution is 7.07. The fourth-order valence-electron chi connectivity index (χ4n) is 3.30. The summed E-state index contributed by atoms with van der Waals surface area (Å²) in [6.07, 6.45) is 3.06. The number of pyridine rings is 1. The van der Waals surface area contributed by atoms with Gasteiger partial charge in [0.2, 0.25) is 5.56 Å². The summed E-state index contributed by atoms with van der Waals surface area (Å²) in [5.41, 5.74) is 1.75. The van der Waals surface area contributed by atoms with Crippen molar-refractivity contribution in [2.75, 3.05) is 31.3 Å². The Balaban J connectivity index is 1.64. The SMILES string of the molecule is C[C@H](Cc1ccsc1)Nc1c(NC[C@H](Cc2cc[nH]c(=O)c2)N(C)C)c(=O)c1=O. The number of hydrogen-bond donors (Lipinski definition) is 3. The lowest BCUT2D eigenvalue weighted by molar-refractivity contribution is 0.303. The van der Waals surface area contributed by atoms with Gasteiger partial charge in [0.05, 0.1) is 0 Å². The minimum atomic E-state index is -0.483. The Morgan fingerprint density at radius 2 is 1.83 bits per heavy atom. The number of nitrogens with zero attached hydrogens (tertiary/aromatic N) is 1. The van der Waals surface area contributed by atoms with Gasteiger partial charge in [0.25, 0.3) is 10.9 Å². The molecule has 2 atom stereocenters. The van der Waals surface area contributed by atoms with Gasteiger partial charge in [-0.1, -0.05) is 0 Å². The fourth-order valence-corrected chi connectivity index (χ4v) is 3.98. The molecule has 2 aromatic heterocycles. The van der Waals surface area contributed by atoms with Crippen LogP contribution in [0.1, 0.15) is 18.1 Å². The van der Waals surface area contributed by atoms with Crippen LogP contribution < -0.4 is 27.1 Å². The smallest absolute Gasteiger partial charge is 0.253 e. The molecule has 1 aromatic carbocycles. The van der Waals surface area contributed by atoms with E-state index in [9.17, 15) is 14.4 Å². The zero-order valence-electron chi connectivity index (χ0n) is 16.8. The van der Waals surface area contributed by atoms with E-state index < -0.39 is 10.9 Å². The lowest BCUT2D eigenvalue weighted by Crippen LogP contribution is -2.43. The number of thiophene rings is 1. The third kappa shape index (κ3) is 5.21. The van der Waals surface area contributed by atoms with Crippen molar-refractivity contribution in [2.24, 2.45) is 0 Å². The van der Waals surface area contributed by atoms with Crippen molar-refractivity contribution in [3.05, 3.63) is 77.1 Å². The highest BCUT2D eigenvalue weighted by atomic mass is 32.1. The molecule has 0 saturated heterocycles. The molecule has 3 aromatic rings. The molecule has 0 aliphatic heterocycles. The molecule has 0 bridgehead atoms. The van der Waals surface area contributed by atoms with Crippen LogP contribution in [-0.2, 0) is 12.8 Å². The van der Waals surface area contributed by atoms with Gasteiger partial charge in [-0.2, -0.15) is 11.3 Å². The first-order chi connectivity index (χ1) is 13.8. The molecule has 0 fully saturated rings. The van der Waals surface area contributed by atoms with Gasteiger partial charge in [-0.25, -0.2) is 0 Å². The van der Waals surface area contributed by atoms with Gasteiger partial charge in [0, 0.05) is 30.9 Å². The van der Waals surface area contributed by atoms with Crippen molar-refractivity contribution in [3.8, 4) is 0 Å². The summed E-state index contributed by atoms with van der Waals surface area (Å²) >= 11 is 1.64. The first-order valence-corrected chi connectivity index (χ1v) is 10.5. The lowest BCUT2D eigenvalue weighted by Gasteiger charge is -2.26. The predicted molar refractivity (Wildman–Crippen MR) is 119 cm³/mol. The average Bonchev–Trinajstić information content (AvgIpc) is 3.18. The van der Waals surface area contributed by atoms with Gasteiger partial charge in [-0.05, 0) is 67.9 Å². The van der Waals surface area contributed by atoms with E-state index in [-0.39, 0.29) is 17.6 Å². The zero-order valence-corrected chi connectivity index (χ0v) is 17.6. The molecule has 8 heteroatoms. The molecule has 154 valence electrons. The van der Waals surface area contributed by atoms with Crippen molar-refractivity contribution in [1.29, 1.82) is 0 Å². The van der Waals surface area contributed by atoms with Crippen molar-refractivity contribution < 1.29 is 0 Å². The van der Waals surface area contributed by atoms with Crippen LogP contribution in [-0.4, -0.2) is 42.6 Å². The third-order valence-electron chi connectivity index (χ3n) is 4.98. The normalized spacial score (nSPS) is 13.5. The number of aromatic nitrogens is 1. The molecule has 7 nitrogen and oxygen atoms in total. The van der Waals surface area contributed by atoms with E-state index in [0.717, 1.165) is 12.0 Å². The van der Waals surface area contributed by atoms with Crippen LogP contribution in [0, 0.1) is 0 Å². The number of aromatic amines is 1. The second-order valence-electron chi connectivity index (χ2n) is 7.55. The molecular formula is C21H26N4O3S. The molecule has 0 aliphatic carbocycles. The average molecular weight is 415 g/mol. The zero-order chi connectivity index (χ0) is 21.0. The number of rotatable bonds is 10. The molecule has 29 heavy (non-hydrogen) atoms. The Morgan fingerprint density at radius 1 is 1.07 bits per heavy atom. The highest BCUT2D eigenvalue weighted by Gasteiger charge is 2.23. The van der Waals surface area contributed by atoms with Crippen LogP contribution in [0.3, 0.4) is 0 Å². The van der Waals surface area contributed by atoms with E-state index in [0.29, 0.717) is 24.3 Å². The van der Waals surface area contributed by atoms with E-state index in [4.69, 9.17) is 0 Å². The first-order valence-electron chi connectivity index (χ1n) is 9.54. The summed E-state index contributed by atoms with van der Waals surface area (Å²) in [6, 6.07) is 5.59. The Bertz CT molecular complexity index is 1060. The first kappa shape index (κ1) is 21.0. The maximum absolute atomic E-state index is 12.1. The second kappa shape index (κ2) is 9.19. The molecule has 0 spiro atoms. The Labute approximate surface area is 173 Å². The Morgan fingerprint density at radius 3 is 2.48 bits per heavy atom. The molecular weight excluding hydrogens is 388 g/mol. The van der Waals surface area contributed by atoms with E-state index in [2.05, 4.69) is 27.1 Å². The van der Waals surface area contributed by atoms with Crippen LogP contribution in [0.15, 0.2) is 49.5 Å². The second-order valence-corrected chi connectivity index (χ2v) is 8.33. The molecule has 0 radical (unpaired) electrons. The van der Waals surface area contributed by atoms with Crippen LogP contribution in [0.25, 0.3) is 0 Å². The molecule has 0 amide bonds. The molecule has 0 saturated carbocycles. The lowest BCUT2D eigenvalue weighted by atomic mass is 10.1. The standard InChI is InChI=1S/C21H26N4O3S/c1-13(8-15-5-7-29-12-15)24-19-18(20(27)21(19)28)23-11-16(25(2)3)9-14-4-6-22-17(26)10-14/h4-7,10,12-13,16,23-24H,8-9,11H2,1-3H3,(H,22,26)/t13-,16+/m1/s1. The predicted octanol–water partition coefficient (Wildman–Crippen LogP) is 1.66. The minimum absolute atomic E-state index is 0.0362. The van der Waals surface area contributed by atoms with Crippen molar-refractivity contribution in [3.63, 3.8) is 0 Å². The van der Waals surface area contributed by atoms with Crippen molar-refractivity contribution >= 4 is 22.7 Å². The monoisotopic (exact) mass is 414 g/mol. The summed E-state index contributed by atoms with van der Waals surface area (Å²) < 4.78 is 0. The Kier molecular flexibility index (Phi) is 6.66. The van der Waals surface area contributed by atoms with E-state index in [1.165, 1.54) is 5.56 Å². The highest BCUT2D eigenvalue weighted by Crippen LogP contribution is 2.18. The molecule has 0 aliphatic rings. The van der Waals surface area contributed by atoms with Gasteiger partial charge in [-0.15, -0.1) is 0 Å². The van der Waals surface area contributed by atoms with Gasteiger partial charge in [0.1, 0.15) is 11.4 Å². The maximum atomic E-state index is 12.1. The van der Waals surface area contributed by atoms with Gasteiger partial charge in [0.15, 0.2) is 0 Å². The van der Waals surface area contributed by atoms with Crippen LogP contribution >= 0.6 is 11.3 Å². The van der Waals surface area contributed by atoms with Crippen LogP contribution in [0.5, 0.6) is 0 Å². The van der Waals surface area contributed by atoms with E-state index in [1.54, 1.807) is 23.6 Å². The maximum Gasteiger partial charge on any atom is 0.253 e. The van der Waals surface area contributed by atoms with Crippen LogP contribution in [0.2, 0.25) is 0 Å². The summed E-state index contributed by atoms with van der Waals surface area (Å²) in [5.74, 6) is 0. The van der Waals surface area contributed by atoms with Gasteiger partial charge < -0.3 is 20.5 Å². The summed E-state index contributed by atoms with van der Waals surface area (Å²) in [6.45, 7) is 2.48. The third-order valence-corrected chi connectivity index (χ3v) is 5.71. The summed E-state index contributed by atoms with van der Waals surface area (Å²) in [4.78, 5) is 40.3. The minimum Gasteiger partial charge on any atom is -0.378 e. The van der Waals surface area contributed by atoms with Gasteiger partial charge in [-0.3, -0.25) is 14.4 Å². The van der Waals surface area contributed by atoms with Gasteiger partial charge >= 0.3 is 0 Å². The largest absolute Gasteiger partial charge is 0.378 e. The molecule has 3 rings (SSSR count). The number of nitrogens with one attached hydrogen (secondary N) is 3. The van der Waals surface area contributed by atoms with Crippen molar-refractivity contribution in [1.82, 2.24) is 9.88 Å². The molecule has 2 heterocycles. The van der Waals surface area contributed by atoms with E-state index in [1.807, 2.05) is 37.4 Å². The number of anilines is 2. The summed E-state index contributed by atoms with van der Waals surface area (Å²) in [7, 11) is 3.90. The fraction of sp³-hybridized carbons (Fsp3) is 0.381. The summed E-state index contributed by atoms with van der Waals surface area (Å²) in [5, 5.41) is 10.4. The number of hydrogen-bond acceptors (Lipinski definition) is 7. The quantitative estimate of drug-likeness (QED) is 0.437. The topological polar surface area (TPSA) is 94.3 Å². The van der Waals surface area contributed by atoms with E-state index >= 15 is 0 Å². The number of likely N-dealkylation sites (N-methyl/N-ethyl adjacent to an activating group) is 1. The Hall–Kier alpha value is -2.71. The van der Waals surface area contributed by atoms with Crippen molar-refractivity contribution in [2.45, 2.75) is 31.8 Å².